The van der Waals surface area contributed by atoms with Crippen molar-refractivity contribution in [2.24, 2.45) is 10.7 Å². The number of carbonyl (C=O) groups excluding carboxylic acids is 1. The minimum absolute atomic E-state index is 0.0350. The number of hydrogen-bond donors (Lipinski definition) is 2. The molecule has 3 N–H and O–H groups in total. The van der Waals surface area contributed by atoms with Crippen LogP contribution in [0.5, 0.6) is 0 Å². The zero-order valence-electron chi connectivity index (χ0n) is 14.3. The lowest BCUT2D eigenvalue weighted by molar-refractivity contribution is -0.128. The van der Waals surface area contributed by atoms with E-state index >= 15 is 0 Å². The predicted octanol–water partition coefficient (Wildman–Crippen LogP) is 2.06. The number of nitrogens with one attached hydrogen (secondary N) is 1. The van der Waals surface area contributed by atoms with E-state index in [9.17, 15) is 4.79 Å². The van der Waals surface area contributed by atoms with Gasteiger partial charge in [0.05, 0.1) is 18.4 Å². The Kier molecular flexibility index (Phi) is 4.83. The number of amides is 1. The zero-order chi connectivity index (χ0) is 17.8. The molecule has 0 bridgehead atoms. The maximum absolute atomic E-state index is 11.7. The van der Waals surface area contributed by atoms with Gasteiger partial charge in [-0.2, -0.15) is 0 Å². The lowest BCUT2D eigenvalue weighted by atomic mass is 10.0. The van der Waals surface area contributed by atoms with Gasteiger partial charge < -0.3 is 20.4 Å². The minimum Gasteiger partial charge on any atom is -0.444 e. The van der Waals surface area contributed by atoms with E-state index in [1.54, 1.807) is 18.0 Å². The van der Waals surface area contributed by atoms with Crippen molar-refractivity contribution >= 4 is 17.4 Å². The molecular weight excluding hydrogens is 318 g/mol. The minimum atomic E-state index is 0.0350. The van der Waals surface area contributed by atoms with E-state index in [4.69, 9.17) is 10.2 Å². The Bertz CT molecular complexity index is 824. The summed E-state index contributed by atoms with van der Waals surface area (Å²) < 4.78 is 5.32. The van der Waals surface area contributed by atoms with Crippen molar-refractivity contribution in [1.82, 2.24) is 15.2 Å². The first kappa shape index (κ1) is 16.8. The molecule has 0 saturated heterocycles. The van der Waals surface area contributed by atoms with Crippen LogP contribution in [0.2, 0.25) is 0 Å². The predicted molar refractivity (Wildman–Crippen MR) is 96.2 cm³/mol. The molecule has 0 fully saturated rings. The molecule has 0 aliphatic carbocycles. The average molecular weight is 339 g/mol. The van der Waals surface area contributed by atoms with Gasteiger partial charge >= 0.3 is 0 Å². The summed E-state index contributed by atoms with van der Waals surface area (Å²) >= 11 is 0. The number of benzene rings is 1. The molecule has 0 radical (unpaired) electrons. The maximum Gasteiger partial charge on any atom is 0.219 e. The van der Waals surface area contributed by atoms with Gasteiger partial charge in [0.1, 0.15) is 5.84 Å². The lowest BCUT2D eigenvalue weighted by Gasteiger charge is -2.29. The standard InChI is InChI=1S/C18H21N5O2/c1-12(24)23-7-6-16(20-2)15(10-23)18(19)22-14-5-3-4-13(8-14)17-9-21-11-25-17/h3-5,8-9,11,20H,6-7,10H2,1-2H3,(H2,19,22). The maximum atomic E-state index is 11.7. The summed E-state index contributed by atoms with van der Waals surface area (Å²) in [4.78, 5) is 21.9. The van der Waals surface area contributed by atoms with Crippen LogP contribution in [-0.4, -0.2) is 41.8 Å². The fraction of sp³-hybridized carbons (Fsp3) is 0.278. The Balaban J connectivity index is 1.91. The molecule has 1 aliphatic heterocycles. The highest BCUT2D eigenvalue weighted by Gasteiger charge is 2.22. The highest BCUT2D eigenvalue weighted by Crippen LogP contribution is 2.25. The second-order valence-corrected chi connectivity index (χ2v) is 5.81. The van der Waals surface area contributed by atoms with Crippen molar-refractivity contribution in [2.75, 3.05) is 20.1 Å². The third kappa shape index (κ3) is 3.71. The molecule has 25 heavy (non-hydrogen) atoms. The van der Waals surface area contributed by atoms with Gasteiger partial charge in [-0.3, -0.25) is 4.79 Å². The molecule has 2 heterocycles. The van der Waals surface area contributed by atoms with Crippen LogP contribution in [0.1, 0.15) is 13.3 Å². The number of carbonyl (C=O) groups is 1. The largest absolute Gasteiger partial charge is 0.444 e. The number of nitrogens with zero attached hydrogens (tertiary/aromatic N) is 3. The van der Waals surface area contributed by atoms with Crippen molar-refractivity contribution < 1.29 is 9.21 Å². The summed E-state index contributed by atoms with van der Waals surface area (Å²) in [6.07, 6.45) is 3.78. The van der Waals surface area contributed by atoms with Crippen molar-refractivity contribution in [3.8, 4) is 11.3 Å². The first-order valence-corrected chi connectivity index (χ1v) is 8.07. The van der Waals surface area contributed by atoms with Crippen molar-refractivity contribution in [3.05, 3.63) is 48.1 Å². The Labute approximate surface area is 146 Å². The van der Waals surface area contributed by atoms with Crippen molar-refractivity contribution in [1.29, 1.82) is 0 Å². The van der Waals surface area contributed by atoms with E-state index in [1.807, 2.05) is 31.3 Å². The Hall–Kier alpha value is -3.09. The number of aliphatic imine (C=N–C) groups is 1. The Morgan fingerprint density at radius 2 is 2.28 bits per heavy atom. The van der Waals surface area contributed by atoms with Crippen LogP contribution in [0, 0.1) is 0 Å². The molecule has 2 aromatic rings. The van der Waals surface area contributed by atoms with Crippen LogP contribution < -0.4 is 11.1 Å². The lowest BCUT2D eigenvalue weighted by Crippen LogP contribution is -2.40. The molecule has 1 amide bonds. The highest BCUT2D eigenvalue weighted by atomic mass is 16.3. The Morgan fingerprint density at radius 1 is 1.44 bits per heavy atom. The molecule has 1 aliphatic rings. The van der Waals surface area contributed by atoms with Gasteiger partial charge in [0.25, 0.3) is 0 Å². The topological polar surface area (TPSA) is 96.8 Å². The van der Waals surface area contributed by atoms with Gasteiger partial charge in [-0.25, -0.2) is 9.98 Å². The van der Waals surface area contributed by atoms with E-state index in [0.29, 0.717) is 30.4 Å². The quantitative estimate of drug-likeness (QED) is 0.656. The summed E-state index contributed by atoms with van der Waals surface area (Å²) in [6, 6.07) is 7.57. The van der Waals surface area contributed by atoms with E-state index in [0.717, 1.165) is 23.3 Å². The molecule has 130 valence electrons. The van der Waals surface area contributed by atoms with Crippen LogP contribution in [0.3, 0.4) is 0 Å². The van der Waals surface area contributed by atoms with Crippen LogP contribution >= 0.6 is 0 Å². The summed E-state index contributed by atoms with van der Waals surface area (Å²) in [5.74, 6) is 1.11. The third-order valence-electron chi connectivity index (χ3n) is 4.21. The van der Waals surface area contributed by atoms with Crippen molar-refractivity contribution in [3.63, 3.8) is 0 Å². The Morgan fingerprint density at radius 3 is 2.96 bits per heavy atom. The highest BCUT2D eigenvalue weighted by molar-refractivity contribution is 6.00. The third-order valence-corrected chi connectivity index (χ3v) is 4.21. The van der Waals surface area contributed by atoms with Crippen LogP contribution in [0.15, 0.2) is 57.5 Å². The molecule has 1 aromatic carbocycles. The van der Waals surface area contributed by atoms with Gasteiger partial charge in [0, 0.05) is 43.8 Å². The van der Waals surface area contributed by atoms with Crippen LogP contribution in [-0.2, 0) is 4.79 Å². The number of rotatable bonds is 4. The van der Waals surface area contributed by atoms with E-state index in [2.05, 4.69) is 15.3 Å². The van der Waals surface area contributed by atoms with Gasteiger partial charge in [0.2, 0.25) is 5.91 Å². The summed E-state index contributed by atoms with van der Waals surface area (Å²) in [5.41, 5.74) is 9.73. The molecule has 0 saturated carbocycles. The number of oxazole rings is 1. The second kappa shape index (κ2) is 7.21. The van der Waals surface area contributed by atoms with Crippen LogP contribution in [0.25, 0.3) is 11.3 Å². The van der Waals surface area contributed by atoms with Crippen molar-refractivity contribution in [2.45, 2.75) is 13.3 Å². The fourth-order valence-electron chi connectivity index (χ4n) is 2.84. The normalized spacial score (nSPS) is 15.4. The summed E-state index contributed by atoms with van der Waals surface area (Å²) in [6.45, 7) is 2.71. The number of nitrogens with two attached hydrogens (primary N) is 1. The molecule has 0 atom stereocenters. The smallest absolute Gasteiger partial charge is 0.219 e. The summed E-state index contributed by atoms with van der Waals surface area (Å²) in [5, 5.41) is 3.17. The average Bonchev–Trinajstić information content (AvgIpc) is 3.16. The van der Waals surface area contributed by atoms with E-state index < -0.39 is 0 Å². The SMILES string of the molecule is CNC1=C(C(N)=Nc2cccc(-c3cnco3)c2)CN(C(C)=O)CC1. The number of amidine groups is 1. The first-order chi connectivity index (χ1) is 12.1. The first-order valence-electron chi connectivity index (χ1n) is 8.07. The fourth-order valence-corrected chi connectivity index (χ4v) is 2.84. The van der Waals surface area contributed by atoms with Gasteiger partial charge in [-0.1, -0.05) is 12.1 Å². The van der Waals surface area contributed by atoms with Crippen LogP contribution in [0.4, 0.5) is 5.69 Å². The second-order valence-electron chi connectivity index (χ2n) is 5.81. The number of hydrogen-bond acceptors (Lipinski definition) is 5. The van der Waals surface area contributed by atoms with E-state index in [1.165, 1.54) is 6.39 Å². The molecule has 0 unspecified atom stereocenters. The zero-order valence-corrected chi connectivity index (χ0v) is 14.3. The molecular formula is C18H21N5O2. The molecule has 3 rings (SSSR count). The van der Waals surface area contributed by atoms with Gasteiger partial charge in [-0.15, -0.1) is 0 Å². The molecule has 7 heteroatoms. The molecule has 1 aromatic heterocycles. The van der Waals surface area contributed by atoms with Gasteiger partial charge in [0.15, 0.2) is 12.2 Å². The van der Waals surface area contributed by atoms with Gasteiger partial charge in [-0.05, 0) is 12.1 Å². The molecule has 0 spiro atoms. The van der Waals surface area contributed by atoms with E-state index in [-0.39, 0.29) is 5.91 Å². The number of aromatic nitrogens is 1. The molecule has 7 nitrogen and oxygen atoms in total. The monoisotopic (exact) mass is 339 g/mol. The summed E-state index contributed by atoms with van der Waals surface area (Å²) in [7, 11) is 1.86.